The van der Waals surface area contributed by atoms with Crippen molar-refractivity contribution >= 4 is 11.9 Å². The first-order chi connectivity index (χ1) is 10.4. The van der Waals surface area contributed by atoms with Gasteiger partial charge in [-0.15, -0.1) is 0 Å². The topological polar surface area (TPSA) is 76.5 Å². The second kappa shape index (κ2) is 6.90. The standard InChI is InChI=1S/C17H23NO4/c1-10(2)12-8-7-11(3)9-15(12)22-17(21)14-6-4-5-13(18-14)16(19)20/h4-6,10-12,15H,7-9H2,1-3H3,(H,19,20)/t11?,12-,15?/m0/s1. The summed E-state index contributed by atoms with van der Waals surface area (Å²) in [5, 5.41) is 8.95. The van der Waals surface area contributed by atoms with Crippen molar-refractivity contribution in [2.45, 2.75) is 46.1 Å². The molecular weight excluding hydrogens is 282 g/mol. The lowest BCUT2D eigenvalue weighted by Crippen LogP contribution is -2.36. The van der Waals surface area contributed by atoms with E-state index in [0.717, 1.165) is 19.3 Å². The molecule has 22 heavy (non-hydrogen) atoms. The molecule has 5 heteroatoms. The first-order valence-corrected chi connectivity index (χ1v) is 7.79. The monoisotopic (exact) mass is 305 g/mol. The molecule has 2 unspecified atom stereocenters. The number of carbonyl (C=O) groups is 2. The Kier molecular flexibility index (Phi) is 5.16. The van der Waals surface area contributed by atoms with E-state index in [4.69, 9.17) is 9.84 Å². The van der Waals surface area contributed by atoms with E-state index in [1.54, 1.807) is 0 Å². The first kappa shape index (κ1) is 16.5. The molecule has 1 aromatic heterocycles. The molecule has 0 saturated heterocycles. The highest BCUT2D eigenvalue weighted by atomic mass is 16.5. The third kappa shape index (κ3) is 3.84. The van der Waals surface area contributed by atoms with Crippen molar-refractivity contribution < 1.29 is 19.4 Å². The summed E-state index contributed by atoms with van der Waals surface area (Å²) in [7, 11) is 0. The Morgan fingerprint density at radius 3 is 2.59 bits per heavy atom. The van der Waals surface area contributed by atoms with Crippen LogP contribution in [-0.4, -0.2) is 28.1 Å². The van der Waals surface area contributed by atoms with Crippen molar-refractivity contribution in [2.24, 2.45) is 17.8 Å². The van der Waals surface area contributed by atoms with E-state index in [2.05, 4.69) is 25.8 Å². The Bertz CT molecular complexity index is 555. The zero-order valence-corrected chi connectivity index (χ0v) is 13.3. The van der Waals surface area contributed by atoms with E-state index < -0.39 is 11.9 Å². The molecule has 1 aliphatic carbocycles. The maximum Gasteiger partial charge on any atom is 0.357 e. The summed E-state index contributed by atoms with van der Waals surface area (Å²) in [6, 6.07) is 4.36. The van der Waals surface area contributed by atoms with Crippen molar-refractivity contribution in [1.29, 1.82) is 0 Å². The number of nitrogens with zero attached hydrogens (tertiary/aromatic N) is 1. The predicted molar refractivity (Wildman–Crippen MR) is 81.7 cm³/mol. The SMILES string of the molecule is CC1CC[C@@H](C(C)C)C(OC(=O)c2cccc(C(=O)O)n2)C1. The number of hydrogen-bond donors (Lipinski definition) is 1. The highest BCUT2D eigenvalue weighted by Gasteiger charge is 2.33. The van der Waals surface area contributed by atoms with Gasteiger partial charge in [-0.1, -0.05) is 33.3 Å². The highest BCUT2D eigenvalue weighted by Crippen LogP contribution is 2.35. The van der Waals surface area contributed by atoms with Gasteiger partial charge in [-0.2, -0.15) is 0 Å². The average molecular weight is 305 g/mol. The Labute approximate surface area is 130 Å². The number of aromatic nitrogens is 1. The number of pyridine rings is 1. The van der Waals surface area contributed by atoms with Crippen LogP contribution in [0.15, 0.2) is 18.2 Å². The second-order valence-corrected chi connectivity index (χ2v) is 6.48. The molecule has 2 rings (SSSR count). The van der Waals surface area contributed by atoms with Gasteiger partial charge in [0.25, 0.3) is 0 Å². The van der Waals surface area contributed by atoms with Crippen LogP contribution in [-0.2, 0) is 4.74 Å². The van der Waals surface area contributed by atoms with Gasteiger partial charge in [-0.05, 0) is 42.7 Å². The second-order valence-electron chi connectivity index (χ2n) is 6.48. The van der Waals surface area contributed by atoms with E-state index in [-0.39, 0.29) is 17.5 Å². The Morgan fingerprint density at radius 1 is 1.27 bits per heavy atom. The zero-order valence-electron chi connectivity index (χ0n) is 13.3. The lowest BCUT2D eigenvalue weighted by molar-refractivity contribution is -0.0179. The van der Waals surface area contributed by atoms with Gasteiger partial charge in [0.05, 0.1) is 0 Å². The van der Waals surface area contributed by atoms with Crippen LogP contribution in [0.2, 0.25) is 0 Å². The highest BCUT2D eigenvalue weighted by molar-refractivity contribution is 5.90. The van der Waals surface area contributed by atoms with Gasteiger partial charge in [-0.25, -0.2) is 14.6 Å². The van der Waals surface area contributed by atoms with Gasteiger partial charge in [0, 0.05) is 0 Å². The maximum absolute atomic E-state index is 12.3. The van der Waals surface area contributed by atoms with Crippen LogP contribution in [0.25, 0.3) is 0 Å². The number of carbonyl (C=O) groups excluding carboxylic acids is 1. The number of esters is 1. The van der Waals surface area contributed by atoms with E-state index in [9.17, 15) is 9.59 Å². The molecule has 0 radical (unpaired) electrons. The molecule has 3 atom stereocenters. The van der Waals surface area contributed by atoms with E-state index in [0.29, 0.717) is 17.8 Å². The molecule has 120 valence electrons. The molecule has 1 N–H and O–H groups in total. The normalized spacial score (nSPS) is 25.0. The lowest BCUT2D eigenvalue weighted by Gasteiger charge is -2.36. The molecule has 0 amide bonds. The Hall–Kier alpha value is -1.91. The quantitative estimate of drug-likeness (QED) is 0.863. The smallest absolute Gasteiger partial charge is 0.357 e. The van der Waals surface area contributed by atoms with Gasteiger partial charge < -0.3 is 9.84 Å². The van der Waals surface area contributed by atoms with Crippen LogP contribution < -0.4 is 0 Å². The van der Waals surface area contributed by atoms with Crippen LogP contribution >= 0.6 is 0 Å². The number of carboxylic acid groups (broad SMARTS) is 1. The maximum atomic E-state index is 12.3. The van der Waals surface area contributed by atoms with Crippen LogP contribution in [0.5, 0.6) is 0 Å². The summed E-state index contributed by atoms with van der Waals surface area (Å²) in [5.41, 5.74) is -0.0903. The largest absolute Gasteiger partial charge is 0.477 e. The number of aromatic carboxylic acids is 1. The zero-order chi connectivity index (χ0) is 16.3. The van der Waals surface area contributed by atoms with E-state index >= 15 is 0 Å². The van der Waals surface area contributed by atoms with Crippen LogP contribution in [0.3, 0.4) is 0 Å². The molecule has 0 aliphatic heterocycles. The minimum absolute atomic E-state index is 0.0561. The molecule has 0 aromatic carbocycles. The summed E-state index contributed by atoms with van der Waals surface area (Å²) >= 11 is 0. The molecule has 1 aliphatic rings. The van der Waals surface area contributed by atoms with Crippen molar-refractivity contribution in [3.8, 4) is 0 Å². The van der Waals surface area contributed by atoms with Crippen LogP contribution in [0.1, 0.15) is 61.0 Å². The summed E-state index contributed by atoms with van der Waals surface area (Å²) in [6.45, 7) is 6.45. The molecule has 1 heterocycles. The molecule has 0 bridgehead atoms. The summed E-state index contributed by atoms with van der Waals surface area (Å²) in [4.78, 5) is 27.1. The molecule has 1 aromatic rings. The first-order valence-electron chi connectivity index (χ1n) is 7.79. The third-order valence-electron chi connectivity index (χ3n) is 4.40. The fourth-order valence-electron chi connectivity index (χ4n) is 3.12. The average Bonchev–Trinajstić information content (AvgIpc) is 2.47. The van der Waals surface area contributed by atoms with Crippen molar-refractivity contribution in [1.82, 2.24) is 4.98 Å². The van der Waals surface area contributed by atoms with Crippen molar-refractivity contribution in [3.63, 3.8) is 0 Å². The number of carboxylic acids is 1. The molecular formula is C17H23NO4. The molecule has 5 nitrogen and oxygen atoms in total. The Morgan fingerprint density at radius 2 is 1.95 bits per heavy atom. The molecule has 1 fully saturated rings. The van der Waals surface area contributed by atoms with Gasteiger partial charge in [0.2, 0.25) is 0 Å². The summed E-state index contributed by atoms with van der Waals surface area (Å²) < 4.78 is 5.66. The fraction of sp³-hybridized carbons (Fsp3) is 0.588. The summed E-state index contributed by atoms with van der Waals surface area (Å²) in [5.74, 6) is -0.355. The minimum atomic E-state index is -1.15. The van der Waals surface area contributed by atoms with Crippen LogP contribution in [0, 0.1) is 17.8 Å². The van der Waals surface area contributed by atoms with Gasteiger partial charge in [0.15, 0.2) is 0 Å². The van der Waals surface area contributed by atoms with Crippen LogP contribution in [0.4, 0.5) is 0 Å². The number of hydrogen-bond acceptors (Lipinski definition) is 4. The number of ether oxygens (including phenoxy) is 1. The van der Waals surface area contributed by atoms with Gasteiger partial charge >= 0.3 is 11.9 Å². The Balaban J connectivity index is 2.12. The third-order valence-corrected chi connectivity index (χ3v) is 4.40. The fourth-order valence-corrected chi connectivity index (χ4v) is 3.12. The number of rotatable bonds is 4. The molecule has 0 spiro atoms. The van der Waals surface area contributed by atoms with Gasteiger partial charge in [0.1, 0.15) is 17.5 Å². The van der Waals surface area contributed by atoms with Crippen molar-refractivity contribution in [3.05, 3.63) is 29.6 Å². The van der Waals surface area contributed by atoms with E-state index in [1.807, 2.05) is 0 Å². The van der Waals surface area contributed by atoms with Crippen molar-refractivity contribution in [2.75, 3.05) is 0 Å². The predicted octanol–water partition coefficient (Wildman–Crippen LogP) is 3.40. The summed E-state index contributed by atoms with van der Waals surface area (Å²) in [6.07, 6.45) is 2.95. The molecule has 1 saturated carbocycles. The van der Waals surface area contributed by atoms with E-state index in [1.165, 1.54) is 18.2 Å². The minimum Gasteiger partial charge on any atom is -0.477 e. The lowest BCUT2D eigenvalue weighted by atomic mass is 9.75. The van der Waals surface area contributed by atoms with Gasteiger partial charge in [-0.3, -0.25) is 0 Å².